The molecule has 9 N–H and O–H groups in total. The van der Waals surface area contributed by atoms with Crippen molar-refractivity contribution in [1.29, 1.82) is 10.7 Å². The number of carbonyl (C=O) groups is 5. The number of carbonyl (C=O) groups excluding carboxylic acids is 5. The second-order valence-corrected chi connectivity index (χ2v) is 12.4. The Hall–Kier alpha value is -5.79. The predicted octanol–water partition coefficient (Wildman–Crippen LogP) is 0.453. The number of allylic oxidation sites excluding steroid dienone is 1. The summed E-state index contributed by atoms with van der Waals surface area (Å²) in [6.07, 6.45) is 1.73. The summed E-state index contributed by atoms with van der Waals surface area (Å²) >= 11 is 0. The van der Waals surface area contributed by atoms with Gasteiger partial charge in [0.15, 0.2) is 0 Å². The minimum Gasteiger partial charge on any atom is -0.492 e. The van der Waals surface area contributed by atoms with Gasteiger partial charge in [0.1, 0.15) is 43.3 Å². The van der Waals surface area contributed by atoms with E-state index in [9.17, 15) is 24.0 Å². The van der Waals surface area contributed by atoms with Crippen LogP contribution in [0, 0.1) is 22.7 Å². The fourth-order valence-electron chi connectivity index (χ4n) is 5.64. The van der Waals surface area contributed by atoms with E-state index in [1.54, 1.807) is 43.3 Å². The first kappa shape index (κ1) is 41.6. The molecule has 0 saturated heterocycles. The molecule has 1 aliphatic rings. The molecule has 0 saturated carbocycles. The zero-order chi connectivity index (χ0) is 39.1. The smallest absolute Gasteiger partial charge is 0.253 e. The standard InChI is InChI=1S/C37H49N9O7/c1-5-22(2)23(3)28(19-41)35(49)44-21-33(48)46(4)34-25-7-9-31(53-15-12-40)27(18-25)26-16-24(6-8-30(26)52-14-11-39)17-29(36(50)42-13-10-38)45-32(47)20-43-37(34)51/h6-9,16,18-19,22,29,34,41H,5,11-15,17,20-21,39-40H2,1-4H3,(H,42,50)(H,43,51)(H,44,49)(H,45,47)/b28-23+,41-19?. The highest BCUT2D eigenvalue weighted by molar-refractivity contribution is 6.12. The van der Waals surface area contributed by atoms with Gasteiger partial charge in [0.05, 0.1) is 24.7 Å². The quantitative estimate of drug-likeness (QED) is 0.0756. The SMILES string of the molecule is CCC(C)/C(C)=C(\C=N)C(=O)NCC(=O)N(C)C1C(=O)NCC(=O)NC(C(=O)NCC#N)Cc2ccc(OCCN)c(c2)-c2cc1ccc2OCCN. The van der Waals surface area contributed by atoms with Gasteiger partial charge in [-0.3, -0.25) is 24.0 Å². The third kappa shape index (κ3) is 11.1. The third-order valence-corrected chi connectivity index (χ3v) is 8.86. The maximum atomic E-state index is 14.0. The first-order valence-electron chi connectivity index (χ1n) is 17.3. The van der Waals surface area contributed by atoms with Crippen LogP contribution in [0.1, 0.15) is 44.4 Å². The van der Waals surface area contributed by atoms with Crippen molar-refractivity contribution >= 4 is 35.8 Å². The number of hydrogen-bond donors (Lipinski definition) is 7. The number of nitrogens with one attached hydrogen (secondary N) is 5. The molecule has 0 fully saturated rings. The molecule has 1 aliphatic heterocycles. The molecule has 3 atom stereocenters. The molecule has 2 aromatic rings. The normalized spacial score (nSPS) is 16.6. The first-order valence-corrected chi connectivity index (χ1v) is 17.3. The van der Waals surface area contributed by atoms with Crippen LogP contribution in [-0.2, 0) is 30.4 Å². The monoisotopic (exact) mass is 731 g/mol. The molecule has 16 heteroatoms. The predicted molar refractivity (Wildman–Crippen MR) is 198 cm³/mol. The van der Waals surface area contributed by atoms with E-state index in [2.05, 4.69) is 21.3 Å². The Kier molecular flexibility index (Phi) is 15.9. The van der Waals surface area contributed by atoms with Gasteiger partial charge in [-0.05, 0) is 54.7 Å². The summed E-state index contributed by atoms with van der Waals surface area (Å²) in [5.41, 5.74) is 14.3. The van der Waals surface area contributed by atoms with Crippen molar-refractivity contribution in [3.63, 3.8) is 0 Å². The number of ether oxygens (including phenoxy) is 2. The molecule has 5 amide bonds. The van der Waals surface area contributed by atoms with E-state index >= 15 is 0 Å². The Morgan fingerprint density at radius 2 is 1.72 bits per heavy atom. The average molecular weight is 732 g/mol. The minimum atomic E-state index is -1.32. The Balaban J connectivity index is 2.16. The van der Waals surface area contributed by atoms with E-state index < -0.39 is 54.7 Å². The molecule has 16 nitrogen and oxygen atoms in total. The van der Waals surface area contributed by atoms with Crippen molar-refractivity contribution in [3.8, 4) is 28.7 Å². The van der Waals surface area contributed by atoms with Gasteiger partial charge >= 0.3 is 0 Å². The first-order chi connectivity index (χ1) is 25.4. The maximum absolute atomic E-state index is 14.0. The van der Waals surface area contributed by atoms with Crippen LogP contribution in [0.4, 0.5) is 0 Å². The van der Waals surface area contributed by atoms with Gasteiger partial charge in [0, 0.05) is 43.9 Å². The molecule has 0 aromatic heterocycles. The van der Waals surface area contributed by atoms with Crippen LogP contribution < -0.4 is 42.2 Å². The lowest BCUT2D eigenvalue weighted by molar-refractivity contribution is -0.139. The molecule has 53 heavy (non-hydrogen) atoms. The van der Waals surface area contributed by atoms with Crippen LogP contribution >= 0.6 is 0 Å². The largest absolute Gasteiger partial charge is 0.492 e. The summed E-state index contributed by atoms with van der Waals surface area (Å²) in [6.45, 7) is 5.08. The number of hydrogen-bond acceptors (Lipinski definition) is 11. The van der Waals surface area contributed by atoms with Crippen LogP contribution in [0.2, 0.25) is 0 Å². The summed E-state index contributed by atoms with van der Waals surface area (Å²) in [6, 6.07) is 9.51. The summed E-state index contributed by atoms with van der Waals surface area (Å²) in [7, 11) is 1.39. The number of nitrogens with zero attached hydrogens (tertiary/aromatic N) is 2. The average Bonchev–Trinajstić information content (AvgIpc) is 3.16. The lowest BCUT2D eigenvalue weighted by Crippen LogP contribution is -2.52. The third-order valence-electron chi connectivity index (χ3n) is 8.86. The molecule has 1 heterocycles. The van der Waals surface area contributed by atoms with Gasteiger partial charge in [0.25, 0.3) is 5.91 Å². The van der Waals surface area contributed by atoms with E-state index in [1.807, 2.05) is 19.9 Å². The maximum Gasteiger partial charge on any atom is 0.253 e. The summed E-state index contributed by atoms with van der Waals surface area (Å²) in [4.78, 5) is 68.0. The number of rotatable bonds is 15. The highest BCUT2D eigenvalue weighted by Gasteiger charge is 2.32. The number of fused-ring (bicyclic) bond motifs is 5. The molecule has 0 spiro atoms. The fraction of sp³-hybridized carbons (Fsp3) is 0.432. The van der Waals surface area contributed by atoms with Crippen molar-refractivity contribution in [2.24, 2.45) is 17.4 Å². The Morgan fingerprint density at radius 1 is 1.08 bits per heavy atom. The van der Waals surface area contributed by atoms with Gasteiger partial charge in [0.2, 0.25) is 23.6 Å². The molecule has 3 unspecified atom stereocenters. The highest BCUT2D eigenvalue weighted by Crippen LogP contribution is 2.40. The summed E-state index contributed by atoms with van der Waals surface area (Å²) in [5.74, 6) is -2.43. The number of amides is 5. The highest BCUT2D eigenvalue weighted by atomic mass is 16.5. The van der Waals surface area contributed by atoms with Crippen molar-refractivity contribution in [2.45, 2.75) is 45.7 Å². The topological polar surface area (TPSA) is 255 Å². The molecule has 0 radical (unpaired) electrons. The number of nitriles is 1. The van der Waals surface area contributed by atoms with Crippen LogP contribution in [0.5, 0.6) is 11.5 Å². The van der Waals surface area contributed by atoms with Crippen molar-refractivity contribution in [1.82, 2.24) is 26.2 Å². The number of likely N-dealkylation sites (N-methyl/N-ethyl adjacent to an activating group) is 1. The molecule has 284 valence electrons. The lowest BCUT2D eigenvalue weighted by Gasteiger charge is -2.29. The van der Waals surface area contributed by atoms with Crippen LogP contribution in [0.3, 0.4) is 0 Å². The van der Waals surface area contributed by atoms with E-state index in [1.165, 1.54) is 7.05 Å². The Morgan fingerprint density at radius 3 is 2.32 bits per heavy atom. The van der Waals surface area contributed by atoms with Gasteiger partial charge in [-0.2, -0.15) is 5.26 Å². The second-order valence-electron chi connectivity index (χ2n) is 12.4. The van der Waals surface area contributed by atoms with E-state index in [4.69, 9.17) is 31.6 Å². The van der Waals surface area contributed by atoms with Gasteiger partial charge in [-0.25, -0.2) is 0 Å². The zero-order valence-electron chi connectivity index (χ0n) is 30.5. The van der Waals surface area contributed by atoms with Gasteiger partial charge in [-0.15, -0.1) is 0 Å². The van der Waals surface area contributed by atoms with Crippen LogP contribution in [0.25, 0.3) is 11.1 Å². The van der Waals surface area contributed by atoms with Crippen LogP contribution in [-0.4, -0.2) is 99.7 Å². The molecular weight excluding hydrogens is 682 g/mol. The van der Waals surface area contributed by atoms with Gasteiger partial charge in [-0.1, -0.05) is 31.6 Å². The number of benzene rings is 2. The Bertz CT molecular complexity index is 1750. The molecular formula is C37H49N9O7. The molecule has 0 aliphatic carbocycles. The van der Waals surface area contributed by atoms with Gasteiger partial charge < -0.3 is 52.5 Å². The van der Waals surface area contributed by atoms with Crippen molar-refractivity contribution in [2.75, 3.05) is 53.0 Å². The van der Waals surface area contributed by atoms with E-state index in [-0.39, 0.29) is 50.8 Å². The molecule has 2 aromatic carbocycles. The van der Waals surface area contributed by atoms with Crippen molar-refractivity contribution < 1.29 is 33.4 Å². The van der Waals surface area contributed by atoms with Crippen LogP contribution in [0.15, 0.2) is 47.5 Å². The van der Waals surface area contributed by atoms with E-state index in [0.717, 1.165) is 17.5 Å². The fourth-order valence-corrected chi connectivity index (χ4v) is 5.64. The molecule has 4 bridgehead atoms. The lowest BCUT2D eigenvalue weighted by atomic mass is 9.93. The molecule has 3 rings (SSSR count). The van der Waals surface area contributed by atoms with E-state index in [0.29, 0.717) is 39.3 Å². The number of nitrogens with two attached hydrogens (primary N) is 2. The second kappa shape index (κ2) is 20.3. The Labute approximate surface area is 309 Å². The zero-order valence-corrected chi connectivity index (χ0v) is 30.5. The summed E-state index contributed by atoms with van der Waals surface area (Å²) < 4.78 is 12.0. The van der Waals surface area contributed by atoms with Crippen molar-refractivity contribution in [3.05, 3.63) is 58.7 Å². The summed E-state index contributed by atoms with van der Waals surface area (Å²) in [5, 5.41) is 27.0. The minimum absolute atomic E-state index is 0.0249.